The maximum atomic E-state index is 11.6. The molecule has 2 aromatic carbocycles. The maximum absolute atomic E-state index is 11.6. The number of hydrogen-bond donors (Lipinski definition) is 0. The van der Waals surface area contributed by atoms with Crippen molar-refractivity contribution >= 4 is 5.97 Å². The Bertz CT molecular complexity index is 757. The lowest BCUT2D eigenvalue weighted by Crippen LogP contribution is -2.28. The number of nitrogens with zero attached hydrogens (tertiary/aromatic N) is 1. The summed E-state index contributed by atoms with van der Waals surface area (Å²) in [7, 11) is 0. The van der Waals surface area contributed by atoms with Crippen molar-refractivity contribution in [3.05, 3.63) is 70.8 Å². The fourth-order valence-electron chi connectivity index (χ4n) is 4.33. The molecule has 156 valence electrons. The lowest BCUT2D eigenvalue weighted by atomic mass is 9.93. The minimum absolute atomic E-state index is 0.0663. The van der Waals surface area contributed by atoms with E-state index in [-0.39, 0.29) is 5.97 Å². The first-order valence-electron chi connectivity index (χ1n) is 11.3. The largest absolute Gasteiger partial charge is 0.466 e. The minimum atomic E-state index is -0.0663. The van der Waals surface area contributed by atoms with Crippen molar-refractivity contribution in [2.24, 2.45) is 0 Å². The summed E-state index contributed by atoms with van der Waals surface area (Å²) in [5.74, 6) is -0.0663. The molecule has 3 nitrogen and oxygen atoms in total. The van der Waals surface area contributed by atoms with Gasteiger partial charge in [0.2, 0.25) is 0 Å². The van der Waals surface area contributed by atoms with Crippen LogP contribution in [-0.2, 0) is 35.2 Å². The smallest absolute Gasteiger partial charge is 0.305 e. The van der Waals surface area contributed by atoms with Gasteiger partial charge in [-0.3, -0.25) is 4.79 Å². The zero-order valence-corrected chi connectivity index (χ0v) is 17.9. The van der Waals surface area contributed by atoms with Crippen molar-refractivity contribution in [1.29, 1.82) is 0 Å². The summed E-state index contributed by atoms with van der Waals surface area (Å²) in [6.45, 7) is 5.51. The van der Waals surface area contributed by atoms with E-state index < -0.39 is 0 Å². The molecular weight excluding hydrogens is 358 g/mol. The molecule has 0 spiro atoms. The first-order valence-corrected chi connectivity index (χ1v) is 11.3. The van der Waals surface area contributed by atoms with Crippen LogP contribution >= 0.6 is 0 Å². The number of esters is 1. The summed E-state index contributed by atoms with van der Waals surface area (Å²) in [6, 6.07) is 17.7. The molecule has 0 saturated heterocycles. The predicted molar refractivity (Wildman–Crippen MR) is 119 cm³/mol. The molecule has 1 aliphatic heterocycles. The molecule has 1 aliphatic rings. The third-order valence-electron chi connectivity index (χ3n) is 5.91. The molecule has 0 bridgehead atoms. The van der Waals surface area contributed by atoms with Crippen molar-refractivity contribution < 1.29 is 9.53 Å². The van der Waals surface area contributed by atoms with E-state index in [4.69, 9.17) is 4.74 Å². The summed E-state index contributed by atoms with van der Waals surface area (Å²) in [5.41, 5.74) is 6.10. The molecule has 0 fully saturated rings. The van der Waals surface area contributed by atoms with E-state index in [0.717, 1.165) is 38.9 Å². The van der Waals surface area contributed by atoms with Gasteiger partial charge in [-0.2, -0.15) is 0 Å². The van der Waals surface area contributed by atoms with Gasteiger partial charge in [-0.25, -0.2) is 0 Å². The van der Waals surface area contributed by atoms with Gasteiger partial charge in [-0.05, 0) is 80.7 Å². The average molecular weight is 394 g/mol. The molecule has 29 heavy (non-hydrogen) atoms. The Morgan fingerprint density at radius 2 is 1.72 bits per heavy atom. The van der Waals surface area contributed by atoms with E-state index in [9.17, 15) is 4.79 Å². The van der Waals surface area contributed by atoms with E-state index in [1.54, 1.807) is 11.1 Å². The average Bonchev–Trinajstić information content (AvgIpc) is 2.95. The zero-order chi connectivity index (χ0) is 20.3. The summed E-state index contributed by atoms with van der Waals surface area (Å²) in [5, 5.41) is 0. The quantitative estimate of drug-likeness (QED) is 0.420. The molecule has 0 radical (unpaired) electrons. The van der Waals surface area contributed by atoms with Gasteiger partial charge in [0, 0.05) is 19.5 Å². The number of fused-ring (bicyclic) bond motifs is 1. The van der Waals surface area contributed by atoms with E-state index in [1.807, 2.05) is 6.92 Å². The van der Waals surface area contributed by atoms with Crippen LogP contribution in [0.3, 0.4) is 0 Å². The molecule has 0 aliphatic carbocycles. The van der Waals surface area contributed by atoms with Gasteiger partial charge in [0.05, 0.1) is 6.61 Å². The summed E-state index contributed by atoms with van der Waals surface area (Å²) in [4.78, 5) is 14.1. The highest BCUT2D eigenvalue weighted by molar-refractivity contribution is 5.69. The Balaban J connectivity index is 1.46. The van der Waals surface area contributed by atoms with Gasteiger partial charge < -0.3 is 9.64 Å². The second-order valence-corrected chi connectivity index (χ2v) is 8.00. The van der Waals surface area contributed by atoms with E-state index >= 15 is 0 Å². The van der Waals surface area contributed by atoms with Crippen LogP contribution in [0.4, 0.5) is 0 Å². The number of hydrogen-bond acceptors (Lipinski definition) is 3. The molecule has 3 rings (SSSR count). The number of carbonyl (C=O) groups excluding carboxylic acids is 1. The number of carbonyl (C=O) groups is 1. The van der Waals surface area contributed by atoms with Crippen LogP contribution in [-0.4, -0.2) is 37.1 Å². The highest BCUT2D eigenvalue weighted by Crippen LogP contribution is 2.22. The number of ether oxygens (including phenoxy) is 1. The predicted octanol–water partition coefficient (Wildman–Crippen LogP) is 5.00. The van der Waals surface area contributed by atoms with Gasteiger partial charge >= 0.3 is 5.97 Å². The lowest BCUT2D eigenvalue weighted by Gasteiger charge is -2.19. The number of benzene rings is 2. The monoisotopic (exact) mass is 393 g/mol. The SMILES string of the molecule is CCOC(=O)CCCN1CCc2cccc(CCCCc3ccccc3)c2CC1. The van der Waals surface area contributed by atoms with Crippen LogP contribution in [0.5, 0.6) is 0 Å². The van der Waals surface area contributed by atoms with Crippen molar-refractivity contribution in [2.75, 3.05) is 26.2 Å². The molecule has 1 heterocycles. The minimum Gasteiger partial charge on any atom is -0.466 e. The summed E-state index contributed by atoms with van der Waals surface area (Å²) in [6.07, 6.45) is 8.51. The first-order chi connectivity index (χ1) is 14.3. The Morgan fingerprint density at radius 1 is 0.931 bits per heavy atom. The van der Waals surface area contributed by atoms with Crippen molar-refractivity contribution in [1.82, 2.24) is 4.90 Å². The second kappa shape index (κ2) is 11.8. The molecule has 0 amide bonds. The second-order valence-electron chi connectivity index (χ2n) is 8.00. The Kier molecular flexibility index (Phi) is 8.76. The maximum Gasteiger partial charge on any atom is 0.305 e. The summed E-state index contributed by atoms with van der Waals surface area (Å²) < 4.78 is 5.04. The third kappa shape index (κ3) is 7.01. The van der Waals surface area contributed by atoms with Crippen LogP contribution in [0.15, 0.2) is 48.5 Å². The molecule has 3 heteroatoms. The Labute approximate surface area is 176 Å². The standard InChI is InChI=1S/C26H35NO2/c1-2-29-26(28)16-9-19-27-20-17-24-15-8-14-23(25(24)18-21-27)13-7-6-12-22-10-4-3-5-11-22/h3-5,8,10-11,14-15H,2,6-7,9,12-13,16-21H2,1H3. The number of unbranched alkanes of at least 4 members (excludes halogenated alkanes) is 1. The van der Waals surface area contributed by atoms with E-state index in [0.29, 0.717) is 13.0 Å². The Hall–Kier alpha value is -2.13. The molecule has 2 aromatic rings. The molecular formula is C26H35NO2. The van der Waals surface area contributed by atoms with Gasteiger partial charge in [0.15, 0.2) is 0 Å². The van der Waals surface area contributed by atoms with Crippen LogP contribution in [0.25, 0.3) is 0 Å². The van der Waals surface area contributed by atoms with E-state index in [1.165, 1.54) is 36.8 Å². The highest BCUT2D eigenvalue weighted by atomic mass is 16.5. The van der Waals surface area contributed by atoms with Gasteiger partial charge in [-0.1, -0.05) is 48.5 Å². The number of rotatable bonds is 10. The fraction of sp³-hybridized carbons (Fsp3) is 0.500. The van der Waals surface area contributed by atoms with Crippen molar-refractivity contribution in [3.63, 3.8) is 0 Å². The topological polar surface area (TPSA) is 29.5 Å². The summed E-state index contributed by atoms with van der Waals surface area (Å²) >= 11 is 0. The lowest BCUT2D eigenvalue weighted by molar-refractivity contribution is -0.143. The third-order valence-corrected chi connectivity index (χ3v) is 5.91. The molecule has 0 atom stereocenters. The van der Waals surface area contributed by atoms with Crippen LogP contribution in [0.2, 0.25) is 0 Å². The van der Waals surface area contributed by atoms with Crippen LogP contribution in [0.1, 0.15) is 54.9 Å². The normalized spacial score (nSPS) is 14.2. The van der Waals surface area contributed by atoms with Crippen molar-refractivity contribution in [2.45, 2.75) is 58.3 Å². The van der Waals surface area contributed by atoms with E-state index in [2.05, 4.69) is 53.4 Å². The van der Waals surface area contributed by atoms with Gasteiger partial charge in [0.1, 0.15) is 0 Å². The molecule has 0 unspecified atom stereocenters. The van der Waals surface area contributed by atoms with Gasteiger partial charge in [-0.15, -0.1) is 0 Å². The zero-order valence-electron chi connectivity index (χ0n) is 17.9. The molecule has 0 aromatic heterocycles. The van der Waals surface area contributed by atoms with Gasteiger partial charge in [0.25, 0.3) is 0 Å². The molecule has 0 N–H and O–H groups in total. The first kappa shape index (κ1) is 21.6. The van der Waals surface area contributed by atoms with Crippen molar-refractivity contribution in [3.8, 4) is 0 Å². The Morgan fingerprint density at radius 3 is 2.55 bits per heavy atom. The molecule has 0 saturated carbocycles. The van der Waals surface area contributed by atoms with Crippen LogP contribution in [0, 0.1) is 0 Å². The fourth-order valence-corrected chi connectivity index (χ4v) is 4.33. The van der Waals surface area contributed by atoms with Crippen LogP contribution < -0.4 is 0 Å². The highest BCUT2D eigenvalue weighted by Gasteiger charge is 2.16. The number of aryl methyl sites for hydroxylation is 2.